The zero-order chi connectivity index (χ0) is 11.5. The highest BCUT2D eigenvalue weighted by atomic mass is 16.2. The zero-order valence-corrected chi connectivity index (χ0v) is 9.06. The topological polar surface area (TPSA) is 49.4 Å². The number of hydrogen-bond acceptors (Lipinski definition) is 3. The summed E-state index contributed by atoms with van der Waals surface area (Å²) in [5, 5.41) is 2.35. The van der Waals surface area contributed by atoms with Crippen molar-refractivity contribution in [2.45, 2.75) is 18.9 Å². The molecule has 1 aromatic carbocycles. The van der Waals surface area contributed by atoms with Crippen molar-refractivity contribution in [1.82, 2.24) is 5.32 Å². The van der Waals surface area contributed by atoms with Crippen LogP contribution in [0.5, 0.6) is 0 Å². The standard InChI is InChI=1S/C12H13N2O2/c1-14(9-5-3-2-4-6-9)10-7-8-11(15)13-12(10)16/h2-5,10H,7-8H2,1H3,(H,13,15,16). The van der Waals surface area contributed by atoms with Crippen LogP contribution in [0, 0.1) is 6.07 Å². The lowest BCUT2D eigenvalue weighted by Crippen LogP contribution is -2.51. The maximum absolute atomic E-state index is 11.6. The minimum atomic E-state index is -0.281. The van der Waals surface area contributed by atoms with Crippen LogP contribution < -0.4 is 10.2 Å². The molecular weight excluding hydrogens is 204 g/mol. The summed E-state index contributed by atoms with van der Waals surface area (Å²) in [5.41, 5.74) is 0.858. The van der Waals surface area contributed by atoms with Gasteiger partial charge in [-0.15, -0.1) is 0 Å². The molecule has 0 aromatic heterocycles. The average molecular weight is 217 g/mol. The highest BCUT2D eigenvalue weighted by Crippen LogP contribution is 2.18. The highest BCUT2D eigenvalue weighted by Gasteiger charge is 2.29. The van der Waals surface area contributed by atoms with Crippen LogP contribution in [0.1, 0.15) is 12.8 Å². The van der Waals surface area contributed by atoms with Crippen LogP contribution in [0.25, 0.3) is 0 Å². The van der Waals surface area contributed by atoms with Crippen molar-refractivity contribution in [1.29, 1.82) is 0 Å². The second-order valence-electron chi connectivity index (χ2n) is 3.83. The molecule has 4 heteroatoms. The Bertz CT molecular complexity index is 403. The van der Waals surface area contributed by atoms with E-state index in [0.717, 1.165) is 5.69 Å². The molecule has 1 atom stereocenters. The van der Waals surface area contributed by atoms with Gasteiger partial charge in [-0.2, -0.15) is 0 Å². The van der Waals surface area contributed by atoms with E-state index in [9.17, 15) is 9.59 Å². The Morgan fingerprint density at radius 1 is 1.44 bits per heavy atom. The van der Waals surface area contributed by atoms with E-state index >= 15 is 0 Å². The lowest BCUT2D eigenvalue weighted by atomic mass is 10.0. The highest BCUT2D eigenvalue weighted by molar-refractivity contribution is 6.01. The number of benzene rings is 1. The van der Waals surface area contributed by atoms with Crippen LogP contribution in [0.4, 0.5) is 5.69 Å². The number of para-hydroxylation sites is 1. The summed E-state index contributed by atoms with van der Waals surface area (Å²) in [6.07, 6.45) is 0.956. The molecule has 0 bridgehead atoms. The van der Waals surface area contributed by atoms with Crippen LogP contribution in [-0.2, 0) is 9.59 Å². The summed E-state index contributed by atoms with van der Waals surface area (Å²) >= 11 is 0. The number of nitrogens with one attached hydrogen (secondary N) is 1. The van der Waals surface area contributed by atoms with Crippen LogP contribution >= 0.6 is 0 Å². The number of hydrogen-bond donors (Lipinski definition) is 1. The van der Waals surface area contributed by atoms with Gasteiger partial charge >= 0.3 is 0 Å². The fraction of sp³-hybridized carbons (Fsp3) is 0.333. The number of piperidine rings is 1. The number of nitrogens with zero attached hydrogens (tertiary/aromatic N) is 1. The van der Waals surface area contributed by atoms with E-state index in [4.69, 9.17) is 0 Å². The fourth-order valence-corrected chi connectivity index (χ4v) is 1.82. The summed E-state index contributed by atoms with van der Waals surface area (Å²) in [4.78, 5) is 24.5. The van der Waals surface area contributed by atoms with Gasteiger partial charge in [-0.25, -0.2) is 0 Å². The minimum Gasteiger partial charge on any atom is -0.362 e. The number of rotatable bonds is 2. The van der Waals surface area contributed by atoms with Crippen molar-refractivity contribution in [2.75, 3.05) is 11.9 Å². The number of carbonyl (C=O) groups excluding carboxylic acids is 2. The molecule has 1 aliphatic rings. The van der Waals surface area contributed by atoms with Crippen LogP contribution in [-0.4, -0.2) is 24.9 Å². The number of likely N-dealkylation sites (N-methyl/N-ethyl adjacent to an activating group) is 1. The number of amides is 2. The van der Waals surface area contributed by atoms with Crippen molar-refractivity contribution in [3.05, 3.63) is 30.3 Å². The van der Waals surface area contributed by atoms with E-state index in [-0.39, 0.29) is 17.9 Å². The molecule has 1 heterocycles. The molecule has 1 saturated heterocycles. The predicted molar refractivity (Wildman–Crippen MR) is 59.9 cm³/mol. The Morgan fingerprint density at radius 2 is 2.25 bits per heavy atom. The van der Waals surface area contributed by atoms with E-state index in [1.54, 1.807) is 6.07 Å². The van der Waals surface area contributed by atoms with E-state index < -0.39 is 0 Å². The first kappa shape index (κ1) is 10.7. The Morgan fingerprint density at radius 3 is 2.88 bits per heavy atom. The van der Waals surface area contributed by atoms with Gasteiger partial charge in [0.2, 0.25) is 11.8 Å². The molecule has 2 rings (SSSR count). The van der Waals surface area contributed by atoms with Gasteiger partial charge in [0, 0.05) is 25.2 Å². The van der Waals surface area contributed by atoms with Gasteiger partial charge in [0.1, 0.15) is 6.04 Å². The second kappa shape index (κ2) is 4.35. The summed E-state index contributed by atoms with van der Waals surface area (Å²) in [5.74, 6) is -0.414. The smallest absolute Gasteiger partial charge is 0.249 e. The number of carbonyl (C=O) groups is 2. The molecule has 1 radical (unpaired) electrons. The molecule has 0 saturated carbocycles. The van der Waals surface area contributed by atoms with Gasteiger partial charge in [-0.05, 0) is 12.5 Å². The molecular formula is C12H13N2O2. The van der Waals surface area contributed by atoms with Crippen LogP contribution in [0.2, 0.25) is 0 Å². The first-order valence-electron chi connectivity index (χ1n) is 5.22. The summed E-state index contributed by atoms with van der Waals surface area (Å²) in [7, 11) is 1.84. The molecule has 1 fully saturated rings. The third-order valence-electron chi connectivity index (χ3n) is 2.75. The first-order valence-corrected chi connectivity index (χ1v) is 5.22. The summed E-state index contributed by atoms with van der Waals surface area (Å²) < 4.78 is 0. The quantitative estimate of drug-likeness (QED) is 0.743. The SMILES string of the molecule is CN(c1[c]cccc1)C1CCC(=O)NC1=O. The molecule has 1 aromatic rings. The lowest BCUT2D eigenvalue weighted by molar-refractivity contribution is -0.134. The predicted octanol–water partition coefficient (Wildman–Crippen LogP) is 0.728. The number of imide groups is 1. The van der Waals surface area contributed by atoms with Gasteiger partial charge in [0.25, 0.3) is 0 Å². The van der Waals surface area contributed by atoms with Crippen LogP contribution in [0.3, 0.4) is 0 Å². The van der Waals surface area contributed by atoms with Gasteiger partial charge in [0.15, 0.2) is 0 Å². The Hall–Kier alpha value is -1.84. The largest absolute Gasteiger partial charge is 0.362 e. The van der Waals surface area contributed by atoms with Gasteiger partial charge in [-0.1, -0.05) is 18.2 Å². The van der Waals surface area contributed by atoms with Gasteiger partial charge in [-0.3, -0.25) is 14.9 Å². The summed E-state index contributed by atoms with van der Waals surface area (Å²) in [6, 6.07) is 10.2. The van der Waals surface area contributed by atoms with Crippen molar-refractivity contribution >= 4 is 17.5 Å². The molecule has 83 valence electrons. The Kier molecular flexibility index (Phi) is 2.90. The minimum absolute atomic E-state index is 0.188. The van der Waals surface area contributed by atoms with Gasteiger partial charge < -0.3 is 4.90 Å². The first-order chi connectivity index (χ1) is 7.68. The van der Waals surface area contributed by atoms with E-state index in [2.05, 4.69) is 11.4 Å². The third kappa shape index (κ3) is 2.05. The molecule has 2 amide bonds. The second-order valence-corrected chi connectivity index (χ2v) is 3.83. The third-order valence-corrected chi connectivity index (χ3v) is 2.75. The Balaban J connectivity index is 2.13. The molecule has 0 aliphatic carbocycles. The average Bonchev–Trinajstić information content (AvgIpc) is 2.29. The normalized spacial score (nSPS) is 20.4. The molecule has 1 unspecified atom stereocenters. The summed E-state index contributed by atoms with van der Waals surface area (Å²) in [6.45, 7) is 0. The van der Waals surface area contributed by atoms with Gasteiger partial charge in [0.05, 0.1) is 0 Å². The molecule has 0 spiro atoms. The number of anilines is 1. The Labute approximate surface area is 94.2 Å². The lowest BCUT2D eigenvalue weighted by Gasteiger charge is -2.31. The van der Waals surface area contributed by atoms with Crippen molar-refractivity contribution in [3.63, 3.8) is 0 Å². The van der Waals surface area contributed by atoms with E-state index in [0.29, 0.717) is 12.8 Å². The zero-order valence-electron chi connectivity index (χ0n) is 9.06. The molecule has 1 N–H and O–H groups in total. The van der Waals surface area contributed by atoms with E-state index in [1.807, 2.05) is 30.1 Å². The van der Waals surface area contributed by atoms with Crippen molar-refractivity contribution in [3.8, 4) is 0 Å². The monoisotopic (exact) mass is 217 g/mol. The molecule has 4 nitrogen and oxygen atoms in total. The molecule has 1 aliphatic heterocycles. The van der Waals surface area contributed by atoms with Crippen molar-refractivity contribution < 1.29 is 9.59 Å². The fourth-order valence-electron chi connectivity index (χ4n) is 1.82. The van der Waals surface area contributed by atoms with Crippen LogP contribution in [0.15, 0.2) is 24.3 Å². The van der Waals surface area contributed by atoms with Crippen molar-refractivity contribution in [2.24, 2.45) is 0 Å². The molecule has 16 heavy (non-hydrogen) atoms. The maximum Gasteiger partial charge on any atom is 0.249 e. The van der Waals surface area contributed by atoms with E-state index in [1.165, 1.54) is 0 Å². The maximum atomic E-state index is 11.6.